The second-order valence-corrected chi connectivity index (χ2v) is 3.86. The number of anilines is 1. The molecule has 2 rings (SSSR count). The Bertz CT molecular complexity index is 644. The van der Waals surface area contributed by atoms with Crippen molar-refractivity contribution in [2.75, 3.05) is 11.9 Å². The van der Waals surface area contributed by atoms with Crippen LogP contribution in [-0.4, -0.2) is 16.3 Å². The summed E-state index contributed by atoms with van der Waals surface area (Å²) in [5, 5.41) is 6.96. The number of benzene rings is 1. The second kappa shape index (κ2) is 5.39. The molecular formula is C13H10ClN3O. The number of aromatic nitrogens is 2. The van der Waals surface area contributed by atoms with Crippen LogP contribution in [-0.2, 0) is 0 Å². The molecule has 0 spiro atoms. The van der Waals surface area contributed by atoms with Gasteiger partial charge in [0, 0.05) is 0 Å². The third kappa shape index (κ3) is 2.36. The smallest absolute Gasteiger partial charge is 0.292 e. The SMILES string of the molecule is C#CCNc1cnn(-c2ccccc2)c(=O)c1Cl. The minimum absolute atomic E-state index is 0.0732. The Morgan fingerprint density at radius 3 is 2.78 bits per heavy atom. The van der Waals surface area contributed by atoms with Gasteiger partial charge in [-0.15, -0.1) is 6.42 Å². The Kier molecular flexibility index (Phi) is 3.66. The van der Waals surface area contributed by atoms with Crippen molar-refractivity contribution in [3.63, 3.8) is 0 Å². The largest absolute Gasteiger partial charge is 0.371 e. The zero-order chi connectivity index (χ0) is 13.0. The molecule has 0 saturated carbocycles. The minimum Gasteiger partial charge on any atom is -0.371 e. The molecule has 0 aliphatic carbocycles. The maximum atomic E-state index is 12.0. The van der Waals surface area contributed by atoms with Gasteiger partial charge >= 0.3 is 0 Å². The summed E-state index contributed by atoms with van der Waals surface area (Å²) in [4.78, 5) is 12.0. The fourth-order valence-electron chi connectivity index (χ4n) is 1.46. The summed E-state index contributed by atoms with van der Waals surface area (Å²) in [6.07, 6.45) is 6.61. The lowest BCUT2D eigenvalue weighted by Crippen LogP contribution is -2.22. The molecule has 4 nitrogen and oxygen atoms in total. The molecule has 0 fully saturated rings. The average molecular weight is 260 g/mol. The Morgan fingerprint density at radius 2 is 2.11 bits per heavy atom. The van der Waals surface area contributed by atoms with Gasteiger partial charge in [0.2, 0.25) is 0 Å². The molecule has 1 N–H and O–H groups in total. The average Bonchev–Trinajstić information content (AvgIpc) is 2.41. The van der Waals surface area contributed by atoms with Gasteiger partial charge in [0.15, 0.2) is 0 Å². The molecule has 0 saturated heterocycles. The van der Waals surface area contributed by atoms with Crippen molar-refractivity contribution in [2.24, 2.45) is 0 Å². The Hall–Kier alpha value is -2.25. The summed E-state index contributed by atoms with van der Waals surface area (Å²) in [7, 11) is 0. The normalized spacial score (nSPS) is 9.78. The van der Waals surface area contributed by atoms with Crippen LogP contribution in [0.1, 0.15) is 0 Å². The predicted molar refractivity (Wildman–Crippen MR) is 72.2 cm³/mol. The van der Waals surface area contributed by atoms with Crippen LogP contribution in [0.3, 0.4) is 0 Å². The quantitative estimate of drug-likeness (QED) is 0.857. The first kappa shape index (κ1) is 12.2. The zero-order valence-electron chi connectivity index (χ0n) is 9.43. The van der Waals surface area contributed by atoms with E-state index in [-0.39, 0.29) is 17.1 Å². The van der Waals surface area contributed by atoms with Gasteiger partial charge in [-0.25, -0.2) is 0 Å². The zero-order valence-corrected chi connectivity index (χ0v) is 10.2. The molecule has 0 amide bonds. The number of rotatable bonds is 3. The van der Waals surface area contributed by atoms with Crippen molar-refractivity contribution in [3.05, 3.63) is 51.9 Å². The van der Waals surface area contributed by atoms with Crippen LogP contribution in [0, 0.1) is 12.3 Å². The van der Waals surface area contributed by atoms with Crippen LogP contribution >= 0.6 is 11.6 Å². The van der Waals surface area contributed by atoms with E-state index in [0.717, 1.165) is 0 Å². The van der Waals surface area contributed by atoms with E-state index in [9.17, 15) is 4.79 Å². The highest BCUT2D eigenvalue weighted by Gasteiger charge is 2.09. The fourth-order valence-corrected chi connectivity index (χ4v) is 1.65. The van der Waals surface area contributed by atoms with Crippen molar-refractivity contribution < 1.29 is 0 Å². The van der Waals surface area contributed by atoms with Gasteiger partial charge in [-0.05, 0) is 12.1 Å². The monoisotopic (exact) mass is 259 g/mol. The molecular weight excluding hydrogens is 250 g/mol. The molecule has 0 radical (unpaired) electrons. The summed E-state index contributed by atoms with van der Waals surface area (Å²) < 4.78 is 1.24. The topological polar surface area (TPSA) is 46.9 Å². The summed E-state index contributed by atoms with van der Waals surface area (Å²) in [5.74, 6) is 2.40. The number of halogens is 1. The number of nitrogens with zero attached hydrogens (tertiary/aromatic N) is 2. The molecule has 0 aliphatic heterocycles. The summed E-state index contributed by atoms with van der Waals surface area (Å²) in [5.41, 5.74) is 0.713. The van der Waals surface area contributed by atoms with E-state index in [4.69, 9.17) is 18.0 Å². The van der Waals surface area contributed by atoms with E-state index in [1.807, 2.05) is 18.2 Å². The Balaban J connectivity index is 2.45. The van der Waals surface area contributed by atoms with Gasteiger partial charge in [-0.3, -0.25) is 4.79 Å². The van der Waals surface area contributed by atoms with Crippen molar-refractivity contribution in [1.29, 1.82) is 0 Å². The standard InChI is InChI=1S/C13H10ClN3O/c1-2-8-15-11-9-16-17(13(18)12(11)14)10-6-4-3-5-7-10/h1,3-7,9,15H,8H2. The van der Waals surface area contributed by atoms with Crippen LogP contribution in [0.25, 0.3) is 5.69 Å². The molecule has 1 heterocycles. The third-order valence-corrected chi connectivity index (χ3v) is 2.67. The van der Waals surface area contributed by atoms with Crippen molar-refractivity contribution in [2.45, 2.75) is 0 Å². The number of para-hydroxylation sites is 1. The van der Waals surface area contributed by atoms with Crippen molar-refractivity contribution >= 4 is 17.3 Å². The van der Waals surface area contributed by atoms with E-state index in [1.165, 1.54) is 10.9 Å². The van der Waals surface area contributed by atoms with Crippen LogP contribution < -0.4 is 10.9 Å². The van der Waals surface area contributed by atoms with Gasteiger partial charge in [-0.2, -0.15) is 9.78 Å². The van der Waals surface area contributed by atoms with Crippen LogP contribution in [0.5, 0.6) is 0 Å². The first-order chi connectivity index (χ1) is 8.74. The van der Waals surface area contributed by atoms with Crippen molar-refractivity contribution in [1.82, 2.24) is 9.78 Å². The van der Waals surface area contributed by atoms with E-state index in [2.05, 4.69) is 16.3 Å². The molecule has 90 valence electrons. The second-order valence-electron chi connectivity index (χ2n) is 3.48. The van der Waals surface area contributed by atoms with E-state index in [1.54, 1.807) is 12.1 Å². The third-order valence-electron chi connectivity index (χ3n) is 2.30. The summed E-state index contributed by atoms with van der Waals surface area (Å²) >= 11 is 5.98. The highest BCUT2D eigenvalue weighted by Crippen LogP contribution is 2.15. The first-order valence-electron chi connectivity index (χ1n) is 5.24. The molecule has 1 aromatic carbocycles. The van der Waals surface area contributed by atoms with Gasteiger partial charge in [0.25, 0.3) is 5.56 Å². The van der Waals surface area contributed by atoms with Crippen LogP contribution in [0.2, 0.25) is 5.02 Å². The Labute approximate surface area is 109 Å². The molecule has 18 heavy (non-hydrogen) atoms. The van der Waals surface area contributed by atoms with Gasteiger partial charge in [0.05, 0.1) is 24.1 Å². The number of terminal acetylenes is 1. The molecule has 0 aliphatic rings. The number of hydrogen-bond acceptors (Lipinski definition) is 3. The predicted octanol–water partition coefficient (Wildman–Crippen LogP) is 1.93. The maximum absolute atomic E-state index is 12.0. The van der Waals surface area contributed by atoms with Crippen LogP contribution in [0.4, 0.5) is 5.69 Å². The van der Waals surface area contributed by atoms with E-state index in [0.29, 0.717) is 11.4 Å². The molecule has 1 aromatic heterocycles. The highest BCUT2D eigenvalue weighted by molar-refractivity contribution is 6.32. The summed E-state index contributed by atoms with van der Waals surface area (Å²) in [6, 6.07) is 9.06. The Morgan fingerprint density at radius 1 is 1.39 bits per heavy atom. The maximum Gasteiger partial charge on any atom is 0.292 e. The molecule has 0 bridgehead atoms. The van der Waals surface area contributed by atoms with Gasteiger partial charge in [-0.1, -0.05) is 35.7 Å². The summed E-state index contributed by atoms with van der Waals surface area (Å²) in [6.45, 7) is 0.288. The molecule has 5 heteroatoms. The van der Waals surface area contributed by atoms with Gasteiger partial charge < -0.3 is 5.32 Å². The first-order valence-corrected chi connectivity index (χ1v) is 5.62. The lowest BCUT2D eigenvalue weighted by atomic mass is 10.3. The minimum atomic E-state index is -0.384. The molecule has 0 atom stereocenters. The van der Waals surface area contributed by atoms with Crippen molar-refractivity contribution in [3.8, 4) is 18.0 Å². The molecule has 2 aromatic rings. The van der Waals surface area contributed by atoms with E-state index < -0.39 is 0 Å². The van der Waals surface area contributed by atoms with Crippen LogP contribution in [0.15, 0.2) is 41.3 Å². The lowest BCUT2D eigenvalue weighted by Gasteiger charge is -2.08. The fraction of sp³-hybridized carbons (Fsp3) is 0.0769. The lowest BCUT2D eigenvalue weighted by molar-refractivity contribution is 0.808. The highest BCUT2D eigenvalue weighted by atomic mass is 35.5. The number of nitrogens with one attached hydrogen (secondary N) is 1. The number of hydrogen-bond donors (Lipinski definition) is 1. The van der Waals surface area contributed by atoms with E-state index >= 15 is 0 Å². The molecule has 0 unspecified atom stereocenters. The van der Waals surface area contributed by atoms with Gasteiger partial charge in [0.1, 0.15) is 5.02 Å².